The van der Waals surface area contributed by atoms with Crippen molar-refractivity contribution in [2.24, 2.45) is 0 Å². The number of carbonyl (C=O) groups excluding carboxylic acids is 3. The maximum atomic E-state index is 12.9. The van der Waals surface area contributed by atoms with Gasteiger partial charge in [-0.3, -0.25) is 14.4 Å². The highest BCUT2D eigenvalue weighted by Crippen LogP contribution is 2.20. The van der Waals surface area contributed by atoms with Crippen LogP contribution in [0.2, 0.25) is 0 Å². The van der Waals surface area contributed by atoms with Gasteiger partial charge in [-0.15, -0.1) is 0 Å². The van der Waals surface area contributed by atoms with E-state index < -0.39 is 6.10 Å². The van der Waals surface area contributed by atoms with Crippen LogP contribution in [-0.4, -0.2) is 37.2 Å². The van der Waals surface area contributed by atoms with Gasteiger partial charge in [0.05, 0.1) is 0 Å². The summed E-state index contributed by atoms with van der Waals surface area (Å²) in [7, 11) is 0. The lowest BCUT2D eigenvalue weighted by molar-refractivity contribution is -0.167. The van der Waals surface area contributed by atoms with Crippen LogP contribution in [0.1, 0.15) is 419 Å². The molecule has 0 aromatic heterocycles. The predicted octanol–water partition coefficient (Wildman–Crippen LogP) is 24.2. The fourth-order valence-electron chi connectivity index (χ4n) is 11.3. The second kappa shape index (κ2) is 66.9. The molecule has 0 bridgehead atoms. The fraction of sp³-hybridized carbons (Fsp3) is 0.958. The zero-order chi connectivity index (χ0) is 55.7. The first kappa shape index (κ1) is 75.4. The molecule has 6 nitrogen and oxygen atoms in total. The lowest BCUT2D eigenvalue weighted by atomic mass is 10.0. The summed E-state index contributed by atoms with van der Waals surface area (Å²) < 4.78 is 16.9. The van der Waals surface area contributed by atoms with Crippen LogP contribution < -0.4 is 0 Å². The molecule has 0 aliphatic rings. The Morgan fingerprint density at radius 3 is 0.519 bits per heavy atom. The molecule has 0 N–H and O–H groups in total. The molecule has 0 aromatic carbocycles. The lowest BCUT2D eigenvalue weighted by Crippen LogP contribution is -2.30. The van der Waals surface area contributed by atoms with Crippen LogP contribution in [0.3, 0.4) is 0 Å². The van der Waals surface area contributed by atoms with E-state index in [1.54, 1.807) is 0 Å². The normalized spacial score (nSPS) is 11.9. The van der Waals surface area contributed by atoms with Gasteiger partial charge in [0.2, 0.25) is 0 Å². The monoisotopic (exact) mass is 1090 g/mol. The third kappa shape index (κ3) is 65.1. The fourth-order valence-corrected chi connectivity index (χ4v) is 11.3. The Kier molecular flexibility index (Phi) is 65.5. The number of hydrogen-bond donors (Lipinski definition) is 0. The van der Waals surface area contributed by atoms with Crippen LogP contribution in [0.15, 0.2) is 0 Å². The summed E-state index contributed by atoms with van der Waals surface area (Å²) in [5.41, 5.74) is 0. The van der Waals surface area contributed by atoms with Gasteiger partial charge in [-0.05, 0) is 19.3 Å². The molecule has 0 saturated heterocycles. The minimum Gasteiger partial charge on any atom is -0.462 e. The molecule has 0 saturated carbocycles. The quantitative estimate of drug-likeness (QED) is 0.0343. The average molecular weight is 1090 g/mol. The summed E-state index contributed by atoms with van der Waals surface area (Å²) in [6.07, 6.45) is 79.0. The number of hydrogen-bond acceptors (Lipinski definition) is 6. The van der Waals surface area contributed by atoms with E-state index >= 15 is 0 Å². The molecule has 0 radical (unpaired) electrons. The van der Waals surface area contributed by atoms with Crippen LogP contribution in [-0.2, 0) is 28.6 Å². The molecule has 0 amide bonds. The molecule has 77 heavy (non-hydrogen) atoms. The molecular weight excluding hydrogens is 949 g/mol. The van der Waals surface area contributed by atoms with Crippen LogP contribution in [0.25, 0.3) is 0 Å². The van der Waals surface area contributed by atoms with Gasteiger partial charge in [-0.1, -0.05) is 380 Å². The van der Waals surface area contributed by atoms with Gasteiger partial charge < -0.3 is 14.2 Å². The molecule has 458 valence electrons. The second-order valence-electron chi connectivity index (χ2n) is 24.5. The van der Waals surface area contributed by atoms with Gasteiger partial charge in [0.25, 0.3) is 0 Å². The molecule has 0 spiro atoms. The minimum atomic E-state index is -0.761. The molecule has 0 aliphatic heterocycles. The number of ether oxygens (including phenoxy) is 3. The third-order valence-electron chi connectivity index (χ3n) is 16.6. The van der Waals surface area contributed by atoms with Crippen molar-refractivity contribution >= 4 is 17.9 Å². The van der Waals surface area contributed by atoms with Crippen LogP contribution >= 0.6 is 0 Å². The van der Waals surface area contributed by atoms with E-state index in [9.17, 15) is 14.4 Å². The SMILES string of the molecule is CCCCCCCCCCCCCCCCCCCCCCCCCCCCCCCCC(=O)OCC(COC(=O)CCCCCCCC)OC(=O)CCCCCCCCCCCCCCCCCCCCCCCCC. The second-order valence-corrected chi connectivity index (χ2v) is 24.5. The zero-order valence-corrected chi connectivity index (χ0v) is 52.8. The Labute approximate surface area is 482 Å². The van der Waals surface area contributed by atoms with Crippen molar-refractivity contribution in [3.05, 3.63) is 0 Å². The summed E-state index contributed by atoms with van der Waals surface area (Å²) in [5.74, 6) is -0.837. The Hall–Kier alpha value is -1.59. The molecule has 0 fully saturated rings. The zero-order valence-electron chi connectivity index (χ0n) is 52.8. The van der Waals surface area contributed by atoms with E-state index in [1.807, 2.05) is 0 Å². The number of rotatable bonds is 67. The van der Waals surface area contributed by atoms with Crippen molar-refractivity contribution in [3.63, 3.8) is 0 Å². The molecular formula is C71H138O6. The summed E-state index contributed by atoms with van der Waals surface area (Å²) >= 11 is 0. The van der Waals surface area contributed by atoms with Crippen molar-refractivity contribution in [1.29, 1.82) is 0 Å². The van der Waals surface area contributed by atoms with Gasteiger partial charge in [0.15, 0.2) is 6.10 Å². The molecule has 0 aliphatic carbocycles. The van der Waals surface area contributed by atoms with Crippen molar-refractivity contribution in [2.75, 3.05) is 13.2 Å². The highest BCUT2D eigenvalue weighted by molar-refractivity contribution is 5.71. The Bertz CT molecular complexity index is 1160. The Morgan fingerprint density at radius 1 is 0.208 bits per heavy atom. The first-order valence-electron chi connectivity index (χ1n) is 35.5. The Balaban J connectivity index is 3.92. The van der Waals surface area contributed by atoms with Crippen molar-refractivity contribution in [2.45, 2.75) is 425 Å². The molecule has 0 aromatic rings. The van der Waals surface area contributed by atoms with Gasteiger partial charge >= 0.3 is 17.9 Å². The summed E-state index contributed by atoms with van der Waals surface area (Å²) in [4.78, 5) is 38.1. The first-order chi connectivity index (χ1) is 38.0. The molecule has 1 unspecified atom stereocenters. The van der Waals surface area contributed by atoms with Gasteiger partial charge in [0, 0.05) is 19.3 Å². The van der Waals surface area contributed by atoms with Crippen LogP contribution in [0.4, 0.5) is 0 Å². The number of unbranched alkanes of at least 4 members (excludes halogenated alkanes) is 56. The van der Waals surface area contributed by atoms with Crippen molar-refractivity contribution < 1.29 is 28.6 Å². The van der Waals surface area contributed by atoms with E-state index in [4.69, 9.17) is 14.2 Å². The van der Waals surface area contributed by atoms with E-state index in [0.717, 1.165) is 57.8 Å². The topological polar surface area (TPSA) is 78.9 Å². The molecule has 6 heteroatoms. The number of carbonyl (C=O) groups is 3. The van der Waals surface area contributed by atoms with Gasteiger partial charge in [-0.25, -0.2) is 0 Å². The van der Waals surface area contributed by atoms with Crippen LogP contribution in [0, 0.1) is 0 Å². The molecule has 0 heterocycles. The lowest BCUT2D eigenvalue weighted by Gasteiger charge is -2.18. The van der Waals surface area contributed by atoms with E-state index in [2.05, 4.69) is 20.8 Å². The summed E-state index contributed by atoms with van der Waals surface area (Å²) in [6, 6.07) is 0. The standard InChI is InChI=1S/C71H138O6/c1-4-7-10-13-16-18-20-22-24-26-28-30-32-33-34-35-36-37-38-40-41-43-45-47-49-51-53-55-58-61-64-70(73)76-67-68(66-75-69(72)63-60-57-15-12-9-6-3)77-71(74)65-62-59-56-54-52-50-48-46-44-42-39-31-29-27-25-23-21-19-17-14-11-8-5-2/h68H,4-67H2,1-3H3. The van der Waals surface area contributed by atoms with Gasteiger partial charge in [0.1, 0.15) is 13.2 Å². The highest BCUT2D eigenvalue weighted by Gasteiger charge is 2.19. The first-order valence-corrected chi connectivity index (χ1v) is 35.5. The van der Waals surface area contributed by atoms with E-state index in [-0.39, 0.29) is 31.1 Å². The largest absolute Gasteiger partial charge is 0.462 e. The summed E-state index contributed by atoms with van der Waals surface area (Å²) in [6.45, 7) is 6.67. The van der Waals surface area contributed by atoms with Crippen molar-refractivity contribution in [3.8, 4) is 0 Å². The third-order valence-corrected chi connectivity index (χ3v) is 16.6. The summed E-state index contributed by atoms with van der Waals surface area (Å²) in [5, 5.41) is 0. The highest BCUT2D eigenvalue weighted by atomic mass is 16.6. The maximum Gasteiger partial charge on any atom is 0.306 e. The smallest absolute Gasteiger partial charge is 0.306 e. The minimum absolute atomic E-state index is 0.0616. The molecule has 1 atom stereocenters. The van der Waals surface area contributed by atoms with E-state index in [1.165, 1.54) is 321 Å². The predicted molar refractivity (Wildman–Crippen MR) is 335 cm³/mol. The average Bonchev–Trinajstić information content (AvgIpc) is 3.43. The van der Waals surface area contributed by atoms with E-state index in [0.29, 0.717) is 19.3 Å². The Morgan fingerprint density at radius 2 is 0.351 bits per heavy atom. The van der Waals surface area contributed by atoms with Gasteiger partial charge in [-0.2, -0.15) is 0 Å². The van der Waals surface area contributed by atoms with Crippen molar-refractivity contribution in [1.82, 2.24) is 0 Å². The molecule has 0 rings (SSSR count). The maximum absolute atomic E-state index is 12.9. The number of esters is 3. The van der Waals surface area contributed by atoms with Crippen LogP contribution in [0.5, 0.6) is 0 Å².